The lowest BCUT2D eigenvalue weighted by Crippen LogP contribution is -2.11. The molecule has 2 N–H and O–H groups in total. The molecule has 0 aromatic carbocycles. The van der Waals surface area contributed by atoms with E-state index in [1.165, 1.54) is 0 Å². The van der Waals surface area contributed by atoms with Crippen LogP contribution in [0, 0.1) is 0 Å². The summed E-state index contributed by atoms with van der Waals surface area (Å²) in [4.78, 5) is 8.15. The van der Waals surface area contributed by atoms with E-state index in [0.717, 1.165) is 0 Å². The Morgan fingerprint density at radius 1 is 1.67 bits per heavy atom. The second kappa shape index (κ2) is 3.54. The maximum absolute atomic E-state index is 8.15. The van der Waals surface area contributed by atoms with Gasteiger partial charge in [0.15, 0.2) is 0 Å². The third-order valence-electron chi connectivity index (χ3n) is 0.353. The van der Waals surface area contributed by atoms with Crippen LogP contribution in [0.4, 0.5) is 0 Å². The Kier molecular flexibility index (Phi) is 3.74. The van der Waals surface area contributed by atoms with E-state index in [4.69, 9.17) is 4.89 Å². The van der Waals surface area contributed by atoms with Gasteiger partial charge >= 0.3 is 0 Å². The number of rotatable bonds is 2. The summed E-state index contributed by atoms with van der Waals surface area (Å²) in [7, 11) is -0.112. The lowest BCUT2D eigenvalue weighted by molar-refractivity contribution is 0.612. The molecule has 0 rings (SSSR count). The normalized spacial score (nSPS) is 12.0. The van der Waals surface area contributed by atoms with Crippen molar-refractivity contribution in [1.82, 2.24) is 5.09 Å². The fraction of sp³-hybridized carbons (Fsp3) is 1.00. The van der Waals surface area contributed by atoms with Gasteiger partial charge in [-0.1, -0.05) is 0 Å². The molecule has 3 heteroatoms. The average molecular weight is 107 g/mol. The summed E-state index contributed by atoms with van der Waals surface area (Å²) in [6.45, 7) is 3.98. The molecule has 0 aromatic heterocycles. The van der Waals surface area contributed by atoms with Gasteiger partial charge in [-0.05, 0) is 13.8 Å². The Bertz CT molecular complexity index is 32.0. The van der Waals surface area contributed by atoms with Gasteiger partial charge in [0.25, 0.3) is 0 Å². The zero-order chi connectivity index (χ0) is 4.99. The molecule has 0 aliphatic carbocycles. The van der Waals surface area contributed by atoms with Crippen LogP contribution >= 0.6 is 8.96 Å². The molecule has 0 saturated carbocycles. The Labute approximate surface area is 39.9 Å². The molecule has 1 unspecified atom stereocenters. The van der Waals surface area contributed by atoms with E-state index in [2.05, 4.69) is 5.09 Å². The molecule has 0 bridgehead atoms. The van der Waals surface area contributed by atoms with Crippen LogP contribution in [-0.4, -0.2) is 10.9 Å². The average Bonchev–Trinajstić information content (AvgIpc) is 1.35. The van der Waals surface area contributed by atoms with Crippen LogP contribution in [0.3, 0.4) is 0 Å². The Hall–Kier alpha value is 0.350. The SMILES string of the molecule is CC(C)NPO. The van der Waals surface area contributed by atoms with Gasteiger partial charge in [0.1, 0.15) is 0 Å². The zero-order valence-corrected chi connectivity index (χ0v) is 5.02. The summed E-state index contributed by atoms with van der Waals surface area (Å²) in [5.74, 6) is 0. The summed E-state index contributed by atoms with van der Waals surface area (Å²) in [6.07, 6.45) is 0. The third-order valence-corrected chi connectivity index (χ3v) is 1.06. The molecule has 0 amide bonds. The molecule has 0 saturated heterocycles. The van der Waals surface area contributed by atoms with E-state index in [1.54, 1.807) is 0 Å². The molecule has 38 valence electrons. The molecular weight excluding hydrogens is 97.0 g/mol. The molecule has 2 nitrogen and oxygen atoms in total. The summed E-state index contributed by atoms with van der Waals surface area (Å²) in [5, 5.41) is 2.79. The molecule has 0 heterocycles. The van der Waals surface area contributed by atoms with Gasteiger partial charge in [-0.25, -0.2) is 0 Å². The van der Waals surface area contributed by atoms with Gasteiger partial charge in [-0.3, -0.25) is 5.09 Å². The molecule has 0 aliphatic rings. The first kappa shape index (κ1) is 6.35. The number of nitrogens with one attached hydrogen (secondary N) is 1. The van der Waals surface area contributed by atoms with Crippen LogP contribution in [0.1, 0.15) is 13.8 Å². The molecular formula is C3H10NOP. The predicted molar refractivity (Wildman–Crippen MR) is 28.8 cm³/mol. The van der Waals surface area contributed by atoms with Gasteiger partial charge < -0.3 is 4.89 Å². The van der Waals surface area contributed by atoms with Crippen molar-refractivity contribution in [3.8, 4) is 0 Å². The Morgan fingerprint density at radius 3 is 2.17 bits per heavy atom. The van der Waals surface area contributed by atoms with E-state index in [-0.39, 0.29) is 8.96 Å². The topological polar surface area (TPSA) is 32.3 Å². The van der Waals surface area contributed by atoms with Crippen LogP contribution in [0.15, 0.2) is 0 Å². The minimum Gasteiger partial charge on any atom is -0.361 e. The molecule has 0 aliphatic heterocycles. The van der Waals surface area contributed by atoms with Crippen molar-refractivity contribution in [3.05, 3.63) is 0 Å². The number of hydrogen-bond donors (Lipinski definition) is 2. The van der Waals surface area contributed by atoms with Gasteiger partial charge in [0.05, 0.1) is 8.96 Å². The van der Waals surface area contributed by atoms with Gasteiger partial charge in [-0.15, -0.1) is 0 Å². The highest BCUT2D eigenvalue weighted by Crippen LogP contribution is 1.93. The second-order valence-electron chi connectivity index (χ2n) is 1.41. The largest absolute Gasteiger partial charge is 0.361 e. The summed E-state index contributed by atoms with van der Waals surface area (Å²) in [5.41, 5.74) is 0. The second-order valence-corrected chi connectivity index (χ2v) is 1.92. The standard InChI is InChI=1S/C3H10NOP/c1-3(2)4-6-5/h3-6H,1-2H3. The number of hydrogen-bond acceptors (Lipinski definition) is 2. The Morgan fingerprint density at radius 2 is 2.17 bits per heavy atom. The summed E-state index contributed by atoms with van der Waals surface area (Å²) >= 11 is 0. The minimum absolute atomic E-state index is 0.112. The first-order chi connectivity index (χ1) is 2.77. The van der Waals surface area contributed by atoms with E-state index >= 15 is 0 Å². The molecule has 0 aromatic rings. The molecule has 1 atom stereocenters. The quantitative estimate of drug-likeness (QED) is 0.503. The van der Waals surface area contributed by atoms with Crippen LogP contribution in [0.2, 0.25) is 0 Å². The zero-order valence-electron chi connectivity index (χ0n) is 4.02. The predicted octanol–water partition coefficient (Wildman–Crippen LogP) is 0.485. The highest BCUT2D eigenvalue weighted by Gasteiger charge is 1.83. The van der Waals surface area contributed by atoms with Crippen molar-refractivity contribution in [2.75, 3.05) is 0 Å². The van der Waals surface area contributed by atoms with E-state index in [1.807, 2.05) is 13.8 Å². The van der Waals surface area contributed by atoms with Crippen molar-refractivity contribution >= 4 is 8.96 Å². The van der Waals surface area contributed by atoms with Gasteiger partial charge in [0.2, 0.25) is 0 Å². The monoisotopic (exact) mass is 107 g/mol. The maximum atomic E-state index is 8.15. The molecule has 0 radical (unpaired) electrons. The van der Waals surface area contributed by atoms with Crippen molar-refractivity contribution < 1.29 is 4.89 Å². The highest BCUT2D eigenvalue weighted by atomic mass is 31.1. The van der Waals surface area contributed by atoms with Crippen molar-refractivity contribution in [1.29, 1.82) is 0 Å². The van der Waals surface area contributed by atoms with Crippen molar-refractivity contribution in [2.24, 2.45) is 0 Å². The van der Waals surface area contributed by atoms with Crippen molar-refractivity contribution in [3.63, 3.8) is 0 Å². The fourth-order valence-corrected chi connectivity index (χ4v) is 0.387. The lowest BCUT2D eigenvalue weighted by Gasteiger charge is -1.99. The maximum Gasteiger partial charge on any atom is 0.0827 e. The third kappa shape index (κ3) is 4.35. The Balaban J connectivity index is 2.63. The van der Waals surface area contributed by atoms with Crippen LogP contribution in [0.5, 0.6) is 0 Å². The summed E-state index contributed by atoms with van der Waals surface area (Å²) in [6, 6.07) is 0.410. The fourth-order valence-electron chi connectivity index (χ4n) is 0.129. The van der Waals surface area contributed by atoms with Crippen molar-refractivity contribution in [2.45, 2.75) is 19.9 Å². The first-order valence-electron chi connectivity index (χ1n) is 1.92. The van der Waals surface area contributed by atoms with Crippen LogP contribution < -0.4 is 5.09 Å². The molecule has 0 spiro atoms. The molecule has 0 fully saturated rings. The van der Waals surface area contributed by atoms with Crippen LogP contribution in [0.25, 0.3) is 0 Å². The molecule has 6 heavy (non-hydrogen) atoms. The lowest BCUT2D eigenvalue weighted by atomic mass is 10.4. The first-order valence-corrected chi connectivity index (χ1v) is 2.86. The van der Waals surface area contributed by atoms with E-state index in [9.17, 15) is 0 Å². The summed E-state index contributed by atoms with van der Waals surface area (Å²) < 4.78 is 0. The van der Waals surface area contributed by atoms with E-state index < -0.39 is 0 Å². The van der Waals surface area contributed by atoms with E-state index in [0.29, 0.717) is 6.04 Å². The smallest absolute Gasteiger partial charge is 0.0827 e. The van der Waals surface area contributed by atoms with Gasteiger partial charge in [-0.2, -0.15) is 0 Å². The van der Waals surface area contributed by atoms with Gasteiger partial charge in [0, 0.05) is 6.04 Å². The minimum atomic E-state index is -0.112. The van der Waals surface area contributed by atoms with Crippen LogP contribution in [-0.2, 0) is 0 Å². The highest BCUT2D eigenvalue weighted by molar-refractivity contribution is 7.28.